The maximum Gasteiger partial charge on any atom is 0.262 e. The van der Waals surface area contributed by atoms with Gasteiger partial charge in [0.2, 0.25) is 0 Å². The number of rotatable bonds is 5. The van der Waals surface area contributed by atoms with Crippen LogP contribution in [0, 0.1) is 20.8 Å². The van der Waals surface area contributed by atoms with Crippen LogP contribution in [-0.2, 0) is 10.0 Å². The summed E-state index contributed by atoms with van der Waals surface area (Å²) in [4.78, 5) is 12.8. The van der Waals surface area contributed by atoms with E-state index in [0.717, 1.165) is 11.1 Å². The number of aryl methyl sites for hydroxylation is 2. The Hall–Kier alpha value is -2.83. The molecule has 0 aromatic heterocycles. The highest BCUT2D eigenvalue weighted by Crippen LogP contribution is 2.25. The van der Waals surface area contributed by atoms with Crippen LogP contribution in [0.5, 0.6) is 0 Å². The van der Waals surface area contributed by atoms with Gasteiger partial charge in [-0.25, -0.2) is 8.42 Å². The van der Waals surface area contributed by atoms with Crippen molar-refractivity contribution in [3.05, 3.63) is 87.9 Å². The lowest BCUT2D eigenvalue weighted by Gasteiger charge is -2.13. The molecular weight excluding hydrogens is 408 g/mol. The van der Waals surface area contributed by atoms with Crippen molar-refractivity contribution in [2.24, 2.45) is 0 Å². The molecule has 0 aliphatic rings. The second-order valence-corrected chi connectivity index (χ2v) is 8.88. The lowest BCUT2D eigenvalue weighted by atomic mass is 10.1. The van der Waals surface area contributed by atoms with Crippen molar-refractivity contribution in [2.75, 3.05) is 10.0 Å². The SMILES string of the molecule is Cc1cccc(NS(=O)(=O)c2cc(C(=O)Nc3cccc(Cl)c3C)ccc2C)c1. The Morgan fingerprint density at radius 3 is 2.38 bits per heavy atom. The van der Waals surface area contributed by atoms with E-state index < -0.39 is 15.9 Å². The molecule has 0 radical (unpaired) electrons. The van der Waals surface area contributed by atoms with Gasteiger partial charge in [0.25, 0.3) is 15.9 Å². The van der Waals surface area contributed by atoms with Gasteiger partial charge in [0, 0.05) is 22.0 Å². The van der Waals surface area contributed by atoms with Gasteiger partial charge in [-0.05, 0) is 73.9 Å². The monoisotopic (exact) mass is 428 g/mol. The number of halogens is 1. The van der Waals surface area contributed by atoms with Crippen LogP contribution in [0.1, 0.15) is 27.0 Å². The van der Waals surface area contributed by atoms with Crippen LogP contribution in [0.3, 0.4) is 0 Å². The molecule has 5 nitrogen and oxygen atoms in total. The maximum absolute atomic E-state index is 12.9. The molecule has 3 rings (SSSR count). The van der Waals surface area contributed by atoms with Gasteiger partial charge in [0.05, 0.1) is 4.90 Å². The van der Waals surface area contributed by atoms with Gasteiger partial charge in [0.15, 0.2) is 0 Å². The minimum Gasteiger partial charge on any atom is -0.322 e. The molecule has 2 N–H and O–H groups in total. The van der Waals surface area contributed by atoms with Gasteiger partial charge in [-0.15, -0.1) is 0 Å². The fourth-order valence-electron chi connectivity index (χ4n) is 2.89. The molecule has 0 fully saturated rings. The zero-order valence-electron chi connectivity index (χ0n) is 16.3. The maximum atomic E-state index is 12.9. The first-order valence-electron chi connectivity index (χ1n) is 8.94. The van der Waals surface area contributed by atoms with Crippen molar-refractivity contribution in [3.8, 4) is 0 Å². The number of carbonyl (C=O) groups is 1. The molecule has 7 heteroatoms. The zero-order valence-corrected chi connectivity index (χ0v) is 17.9. The summed E-state index contributed by atoms with van der Waals surface area (Å²) in [6.45, 7) is 5.37. The highest BCUT2D eigenvalue weighted by Gasteiger charge is 2.20. The van der Waals surface area contributed by atoms with Crippen molar-refractivity contribution in [2.45, 2.75) is 25.7 Å². The van der Waals surface area contributed by atoms with Crippen LogP contribution in [0.4, 0.5) is 11.4 Å². The van der Waals surface area contributed by atoms with Gasteiger partial charge in [-0.3, -0.25) is 9.52 Å². The predicted molar refractivity (Wildman–Crippen MR) is 117 cm³/mol. The van der Waals surface area contributed by atoms with Crippen LogP contribution in [0.2, 0.25) is 5.02 Å². The van der Waals surface area contributed by atoms with Gasteiger partial charge in [-0.1, -0.05) is 35.9 Å². The molecule has 3 aromatic carbocycles. The minimum absolute atomic E-state index is 0.0504. The smallest absolute Gasteiger partial charge is 0.262 e. The number of anilines is 2. The largest absolute Gasteiger partial charge is 0.322 e. The fourth-order valence-corrected chi connectivity index (χ4v) is 4.38. The molecule has 0 saturated heterocycles. The van der Waals surface area contributed by atoms with Crippen molar-refractivity contribution in [3.63, 3.8) is 0 Å². The zero-order chi connectivity index (χ0) is 21.2. The third-order valence-electron chi connectivity index (χ3n) is 4.53. The lowest BCUT2D eigenvalue weighted by molar-refractivity contribution is 0.102. The standard InChI is InChI=1S/C22H21ClN2O3S/c1-14-6-4-7-18(12-14)25-29(27,28)21-13-17(11-10-15(21)2)22(26)24-20-9-5-8-19(23)16(20)3/h4-13,25H,1-3H3,(H,24,26). The first kappa shape index (κ1) is 20.9. The average Bonchev–Trinajstić information content (AvgIpc) is 2.65. The number of hydrogen-bond acceptors (Lipinski definition) is 3. The van der Waals surface area contributed by atoms with E-state index in [-0.39, 0.29) is 10.5 Å². The molecule has 0 aliphatic carbocycles. The predicted octanol–water partition coefficient (Wildman–Crippen LogP) is 5.32. The number of carbonyl (C=O) groups excluding carboxylic acids is 1. The molecule has 29 heavy (non-hydrogen) atoms. The summed E-state index contributed by atoms with van der Waals surface area (Å²) < 4.78 is 28.4. The molecule has 0 heterocycles. The molecule has 0 saturated carbocycles. The molecule has 0 bridgehead atoms. The van der Waals surface area contributed by atoms with Gasteiger partial charge in [0.1, 0.15) is 0 Å². The summed E-state index contributed by atoms with van der Waals surface area (Å²) in [5.74, 6) is -0.414. The summed E-state index contributed by atoms with van der Waals surface area (Å²) in [6.07, 6.45) is 0. The quantitative estimate of drug-likeness (QED) is 0.577. The summed E-state index contributed by atoms with van der Waals surface area (Å²) in [7, 11) is -3.86. The van der Waals surface area contributed by atoms with Gasteiger partial charge >= 0.3 is 0 Å². The van der Waals surface area contributed by atoms with Crippen molar-refractivity contribution in [1.82, 2.24) is 0 Å². The Morgan fingerprint density at radius 2 is 1.66 bits per heavy atom. The highest BCUT2D eigenvalue weighted by atomic mass is 35.5. The van der Waals surface area contributed by atoms with Crippen LogP contribution in [-0.4, -0.2) is 14.3 Å². The van der Waals surface area contributed by atoms with E-state index in [1.54, 1.807) is 62.4 Å². The molecule has 0 spiro atoms. The Balaban J connectivity index is 1.91. The minimum atomic E-state index is -3.86. The summed E-state index contributed by atoms with van der Waals surface area (Å²) in [6, 6.07) is 16.9. The van der Waals surface area contributed by atoms with E-state index >= 15 is 0 Å². The number of nitrogens with one attached hydrogen (secondary N) is 2. The van der Waals surface area contributed by atoms with Crippen LogP contribution in [0.25, 0.3) is 0 Å². The van der Waals surface area contributed by atoms with E-state index in [0.29, 0.717) is 22.0 Å². The number of benzene rings is 3. The van der Waals surface area contributed by atoms with Crippen LogP contribution < -0.4 is 10.0 Å². The third kappa shape index (κ3) is 4.78. The van der Waals surface area contributed by atoms with E-state index in [2.05, 4.69) is 10.0 Å². The Morgan fingerprint density at radius 1 is 0.931 bits per heavy atom. The summed E-state index contributed by atoms with van der Waals surface area (Å²) in [5, 5.41) is 3.32. The molecule has 150 valence electrons. The Kier molecular flexibility index (Phi) is 5.96. The molecule has 0 unspecified atom stereocenters. The Labute approximate surface area is 175 Å². The molecular formula is C22H21ClN2O3S. The Bertz CT molecular complexity index is 1190. The van der Waals surface area contributed by atoms with E-state index in [4.69, 9.17) is 11.6 Å². The van der Waals surface area contributed by atoms with E-state index in [9.17, 15) is 13.2 Å². The molecule has 1 amide bonds. The third-order valence-corrected chi connectivity index (χ3v) is 6.46. The first-order valence-corrected chi connectivity index (χ1v) is 10.8. The topological polar surface area (TPSA) is 75.3 Å². The normalized spacial score (nSPS) is 11.2. The van der Waals surface area contributed by atoms with E-state index in [1.807, 2.05) is 13.0 Å². The number of hydrogen-bond donors (Lipinski definition) is 2. The fraction of sp³-hybridized carbons (Fsp3) is 0.136. The van der Waals surface area contributed by atoms with Gasteiger partial charge in [-0.2, -0.15) is 0 Å². The molecule has 0 aliphatic heterocycles. The van der Waals surface area contributed by atoms with Crippen LogP contribution >= 0.6 is 11.6 Å². The average molecular weight is 429 g/mol. The number of amides is 1. The lowest BCUT2D eigenvalue weighted by Crippen LogP contribution is -2.17. The van der Waals surface area contributed by atoms with Gasteiger partial charge < -0.3 is 5.32 Å². The summed E-state index contributed by atoms with van der Waals surface area (Å²) >= 11 is 6.10. The van der Waals surface area contributed by atoms with Crippen molar-refractivity contribution >= 4 is 38.9 Å². The first-order chi connectivity index (χ1) is 13.7. The second-order valence-electron chi connectivity index (χ2n) is 6.82. The highest BCUT2D eigenvalue weighted by molar-refractivity contribution is 7.92. The van der Waals surface area contributed by atoms with Crippen molar-refractivity contribution in [1.29, 1.82) is 0 Å². The number of sulfonamides is 1. The van der Waals surface area contributed by atoms with Crippen molar-refractivity contribution < 1.29 is 13.2 Å². The second kappa shape index (κ2) is 8.27. The molecule has 3 aromatic rings. The van der Waals surface area contributed by atoms with Crippen LogP contribution in [0.15, 0.2) is 65.6 Å². The van der Waals surface area contributed by atoms with E-state index in [1.165, 1.54) is 6.07 Å². The molecule has 0 atom stereocenters. The summed E-state index contributed by atoms with van der Waals surface area (Å²) in [5.41, 5.74) is 3.50.